The van der Waals surface area contributed by atoms with E-state index >= 15 is 0 Å². The lowest BCUT2D eigenvalue weighted by Crippen LogP contribution is -2.23. The molecular weight excluding hydrogens is 218 g/mol. The Morgan fingerprint density at radius 1 is 1.33 bits per heavy atom. The van der Waals surface area contributed by atoms with Gasteiger partial charge in [-0.25, -0.2) is 4.79 Å². The number of rotatable bonds is 5. The Labute approximate surface area is 97.0 Å². The first kappa shape index (κ1) is 16.7. The molecule has 0 aliphatic rings. The van der Waals surface area contributed by atoms with Gasteiger partial charge in [-0.05, 0) is 13.1 Å². The van der Waals surface area contributed by atoms with Crippen LogP contribution in [0.5, 0.6) is 0 Å². The number of aliphatic hydroxyl groups excluding tert-OH is 1. The number of carbonyl (C=O) groups excluding carboxylic acids is 1. The summed E-state index contributed by atoms with van der Waals surface area (Å²) >= 11 is 0. The van der Waals surface area contributed by atoms with Gasteiger partial charge < -0.3 is 9.84 Å². The predicted molar refractivity (Wildman–Crippen MR) is 60.9 cm³/mol. The van der Waals surface area contributed by atoms with Gasteiger partial charge in [0.1, 0.15) is 6.61 Å². The molecule has 0 bridgehead atoms. The summed E-state index contributed by atoms with van der Waals surface area (Å²) < 4.78 is 4.56. The van der Waals surface area contributed by atoms with Gasteiger partial charge in [0.25, 0.3) is 0 Å². The Kier molecular flexibility index (Phi) is 12.6. The van der Waals surface area contributed by atoms with E-state index < -0.39 is 12.6 Å². The fourth-order valence-electron chi connectivity index (χ4n) is 0.828. The molecule has 0 aliphatic heterocycles. The van der Waals surface area contributed by atoms with E-state index in [-0.39, 0.29) is 19.0 Å². The van der Waals surface area contributed by atoms with Gasteiger partial charge in [0.05, 0.1) is 6.54 Å². The average molecular weight is 236 g/mol. The molecule has 0 rings (SSSR count). The summed E-state index contributed by atoms with van der Waals surface area (Å²) in [6, 6.07) is 0. The highest BCUT2D eigenvalue weighted by Gasteiger charge is 1.96. The van der Waals surface area contributed by atoms with Gasteiger partial charge in [0, 0.05) is 0 Å². The van der Waals surface area contributed by atoms with Gasteiger partial charge >= 0.3 is 5.97 Å². The monoisotopic (exact) mass is 235 g/mol. The summed E-state index contributed by atoms with van der Waals surface area (Å²) in [7, 11) is 0. The van der Waals surface area contributed by atoms with Crippen LogP contribution in [0.1, 0.15) is 13.8 Å². The molecule has 0 aromatic carbocycles. The van der Waals surface area contributed by atoms with Gasteiger partial charge in [-0.3, -0.25) is 4.90 Å². The quantitative estimate of drug-likeness (QED) is 0.550. The maximum absolute atomic E-state index is 10.5. The van der Waals surface area contributed by atoms with E-state index in [0.29, 0.717) is 6.54 Å². The van der Waals surface area contributed by atoms with Crippen LogP contribution in [0.2, 0.25) is 0 Å². The van der Waals surface area contributed by atoms with Crippen molar-refractivity contribution in [3.63, 3.8) is 0 Å². The molecule has 5 heteroatoms. The lowest BCUT2D eigenvalue weighted by atomic mass is 10.4. The standard InChI is InChI=1S/C10H17NO3.ClH/c1-3-11(4-2)7-5-6-8-14-10(13)9-12;/h12H,3-4,7-9H2,1-2H3;1H. The molecule has 0 aromatic rings. The third-order valence-corrected chi connectivity index (χ3v) is 1.76. The smallest absolute Gasteiger partial charge is 0.332 e. The molecular formula is C10H18ClNO3. The van der Waals surface area contributed by atoms with Crippen molar-refractivity contribution in [2.24, 2.45) is 0 Å². The normalized spacial score (nSPS) is 8.80. The third kappa shape index (κ3) is 9.54. The highest BCUT2D eigenvalue weighted by Crippen LogP contribution is 1.83. The topological polar surface area (TPSA) is 49.8 Å². The highest BCUT2D eigenvalue weighted by atomic mass is 35.5. The molecule has 0 saturated heterocycles. The number of aliphatic hydroxyl groups is 1. The van der Waals surface area contributed by atoms with Crippen LogP contribution in [0.25, 0.3) is 0 Å². The maximum Gasteiger partial charge on any atom is 0.332 e. The zero-order valence-electron chi connectivity index (χ0n) is 9.15. The van der Waals surface area contributed by atoms with Crippen LogP contribution in [0, 0.1) is 11.8 Å². The van der Waals surface area contributed by atoms with Gasteiger partial charge in [-0.15, -0.1) is 12.4 Å². The highest BCUT2D eigenvalue weighted by molar-refractivity contribution is 5.85. The van der Waals surface area contributed by atoms with Gasteiger partial charge in [0.2, 0.25) is 0 Å². The Hall–Kier alpha value is -0.760. The minimum atomic E-state index is -0.637. The molecule has 0 amide bonds. The molecule has 88 valence electrons. The van der Waals surface area contributed by atoms with Crippen molar-refractivity contribution in [1.29, 1.82) is 0 Å². The van der Waals surface area contributed by atoms with E-state index in [2.05, 4.69) is 35.3 Å². The molecule has 0 aliphatic carbocycles. The maximum atomic E-state index is 10.5. The van der Waals surface area contributed by atoms with E-state index in [1.54, 1.807) is 0 Å². The van der Waals surface area contributed by atoms with Crippen molar-refractivity contribution < 1.29 is 14.6 Å². The van der Waals surface area contributed by atoms with E-state index in [1.165, 1.54) is 0 Å². The molecule has 15 heavy (non-hydrogen) atoms. The first-order valence-corrected chi connectivity index (χ1v) is 4.69. The number of carbonyl (C=O) groups is 1. The third-order valence-electron chi connectivity index (χ3n) is 1.76. The number of nitrogens with zero attached hydrogens (tertiary/aromatic N) is 1. The summed E-state index contributed by atoms with van der Waals surface area (Å²) in [4.78, 5) is 12.6. The van der Waals surface area contributed by atoms with E-state index in [1.807, 2.05) is 0 Å². The Morgan fingerprint density at radius 2 is 1.93 bits per heavy atom. The zero-order valence-corrected chi connectivity index (χ0v) is 9.97. The second-order valence-electron chi connectivity index (χ2n) is 2.63. The van der Waals surface area contributed by atoms with Crippen molar-refractivity contribution >= 4 is 18.4 Å². The molecule has 0 spiro atoms. The molecule has 0 saturated carbocycles. The Balaban J connectivity index is 0. The minimum absolute atomic E-state index is 0. The number of hydrogen-bond donors (Lipinski definition) is 1. The van der Waals surface area contributed by atoms with Crippen LogP contribution in [-0.2, 0) is 9.53 Å². The lowest BCUT2D eigenvalue weighted by Gasteiger charge is -2.13. The summed E-state index contributed by atoms with van der Waals surface area (Å²) in [6.07, 6.45) is 0. The largest absolute Gasteiger partial charge is 0.451 e. The van der Waals surface area contributed by atoms with E-state index in [4.69, 9.17) is 5.11 Å². The molecule has 0 fully saturated rings. The Bertz CT molecular complexity index is 218. The second kappa shape index (κ2) is 11.3. The zero-order chi connectivity index (χ0) is 10.8. The SMILES string of the molecule is CCN(CC)CC#CCOC(=O)CO.Cl. The van der Waals surface area contributed by atoms with E-state index in [9.17, 15) is 4.79 Å². The molecule has 4 nitrogen and oxygen atoms in total. The van der Waals surface area contributed by atoms with Crippen LogP contribution in [0.15, 0.2) is 0 Å². The van der Waals surface area contributed by atoms with Crippen LogP contribution in [-0.4, -0.2) is 48.8 Å². The summed E-state index contributed by atoms with van der Waals surface area (Å²) in [5.74, 6) is 4.95. The van der Waals surface area contributed by atoms with Gasteiger partial charge in [-0.1, -0.05) is 25.7 Å². The second-order valence-corrected chi connectivity index (χ2v) is 2.63. The van der Waals surface area contributed by atoms with Crippen LogP contribution in [0.4, 0.5) is 0 Å². The summed E-state index contributed by atoms with van der Waals surface area (Å²) in [6.45, 7) is 6.21. The molecule has 0 heterocycles. The van der Waals surface area contributed by atoms with Crippen molar-refractivity contribution in [3.8, 4) is 11.8 Å². The van der Waals surface area contributed by atoms with E-state index in [0.717, 1.165) is 13.1 Å². The number of esters is 1. The summed E-state index contributed by atoms with van der Waals surface area (Å²) in [5, 5.41) is 8.32. The van der Waals surface area contributed by atoms with Gasteiger partial charge in [-0.2, -0.15) is 0 Å². The van der Waals surface area contributed by atoms with Crippen LogP contribution in [0.3, 0.4) is 0 Å². The Morgan fingerprint density at radius 3 is 2.40 bits per heavy atom. The minimum Gasteiger partial charge on any atom is -0.451 e. The first-order valence-electron chi connectivity index (χ1n) is 4.69. The average Bonchev–Trinajstić information content (AvgIpc) is 2.23. The van der Waals surface area contributed by atoms with Crippen molar-refractivity contribution in [2.45, 2.75) is 13.8 Å². The number of halogens is 1. The van der Waals surface area contributed by atoms with Gasteiger partial charge in [0.15, 0.2) is 6.61 Å². The molecule has 1 N–H and O–H groups in total. The van der Waals surface area contributed by atoms with Crippen LogP contribution < -0.4 is 0 Å². The van der Waals surface area contributed by atoms with Crippen molar-refractivity contribution in [1.82, 2.24) is 4.90 Å². The molecule has 0 aromatic heterocycles. The van der Waals surface area contributed by atoms with Crippen LogP contribution >= 0.6 is 12.4 Å². The lowest BCUT2D eigenvalue weighted by molar-refractivity contribution is -0.145. The van der Waals surface area contributed by atoms with Crippen molar-refractivity contribution in [2.75, 3.05) is 32.8 Å². The summed E-state index contributed by atoms with van der Waals surface area (Å²) in [5.41, 5.74) is 0. The molecule has 0 unspecified atom stereocenters. The fourth-order valence-corrected chi connectivity index (χ4v) is 0.828. The number of ether oxygens (including phenoxy) is 1. The number of hydrogen-bond acceptors (Lipinski definition) is 4. The first-order chi connectivity index (χ1) is 6.74. The molecule has 0 radical (unpaired) electrons. The fraction of sp³-hybridized carbons (Fsp3) is 0.700. The molecule has 0 atom stereocenters. The van der Waals surface area contributed by atoms with Crippen molar-refractivity contribution in [3.05, 3.63) is 0 Å². The predicted octanol–water partition coefficient (Wildman–Crippen LogP) is 0.289.